The van der Waals surface area contributed by atoms with Crippen molar-refractivity contribution in [1.29, 1.82) is 5.26 Å². The minimum atomic E-state index is -4.55. The molecule has 1 N–H and O–H groups in total. The summed E-state index contributed by atoms with van der Waals surface area (Å²) in [5.41, 5.74) is 3.22. The molecule has 202 valence electrons. The van der Waals surface area contributed by atoms with Crippen LogP contribution in [-0.2, 0) is 16.8 Å². The van der Waals surface area contributed by atoms with Crippen molar-refractivity contribution in [1.82, 2.24) is 9.97 Å². The predicted molar refractivity (Wildman–Crippen MR) is 145 cm³/mol. The number of ether oxygens (including phenoxy) is 1. The Morgan fingerprint density at radius 3 is 2.41 bits per heavy atom. The van der Waals surface area contributed by atoms with Gasteiger partial charge in [0.2, 0.25) is 0 Å². The summed E-state index contributed by atoms with van der Waals surface area (Å²) in [6.07, 6.45) is -3.13. The molecule has 0 saturated carbocycles. The molecule has 7 nitrogen and oxygen atoms in total. The van der Waals surface area contributed by atoms with Gasteiger partial charge in [0.05, 0.1) is 45.1 Å². The van der Waals surface area contributed by atoms with Crippen molar-refractivity contribution in [2.45, 2.75) is 11.9 Å². The molecular formula is C26H19Cl2F3N4O3S. The molecule has 0 saturated heterocycles. The first-order valence-electron chi connectivity index (χ1n) is 11.3. The number of nitrogens with zero attached hydrogens (tertiary/aromatic N) is 4. The molecular weight excluding hydrogens is 576 g/mol. The number of benzene rings is 3. The topological polar surface area (TPSA) is 99.3 Å². The van der Waals surface area contributed by atoms with Crippen LogP contribution in [0.3, 0.4) is 0 Å². The maximum Gasteiger partial charge on any atom is 0.406 e. The lowest BCUT2D eigenvalue weighted by molar-refractivity contribution is -0.118. The van der Waals surface area contributed by atoms with Gasteiger partial charge in [0.1, 0.15) is 19.2 Å². The molecule has 1 heterocycles. The highest BCUT2D eigenvalue weighted by Gasteiger charge is 2.32. The Balaban J connectivity index is 1.68. The zero-order valence-electron chi connectivity index (χ0n) is 20.0. The van der Waals surface area contributed by atoms with Gasteiger partial charge in [-0.3, -0.25) is 4.98 Å². The number of rotatable bonds is 9. The van der Waals surface area contributed by atoms with E-state index >= 15 is 0 Å². The van der Waals surface area contributed by atoms with Crippen LogP contribution in [0.15, 0.2) is 60.8 Å². The highest BCUT2D eigenvalue weighted by atomic mass is 35.5. The van der Waals surface area contributed by atoms with Crippen molar-refractivity contribution in [3.63, 3.8) is 0 Å². The van der Waals surface area contributed by atoms with Gasteiger partial charge in [-0.15, -0.1) is 11.6 Å². The lowest BCUT2D eigenvalue weighted by Gasteiger charge is -2.27. The summed E-state index contributed by atoms with van der Waals surface area (Å²) in [6, 6.07) is 16.2. The summed E-state index contributed by atoms with van der Waals surface area (Å²) in [5, 5.41) is 9.54. The highest BCUT2D eigenvalue weighted by molar-refractivity contribution is 7.78. The summed E-state index contributed by atoms with van der Waals surface area (Å²) in [5.74, 6) is 0.0683. The average Bonchev–Trinajstić information content (AvgIpc) is 2.89. The van der Waals surface area contributed by atoms with Crippen LogP contribution >= 0.6 is 23.2 Å². The number of fused-ring (bicyclic) bond motifs is 1. The van der Waals surface area contributed by atoms with E-state index in [1.807, 2.05) is 6.07 Å². The molecule has 1 unspecified atom stereocenters. The number of alkyl halides is 4. The predicted octanol–water partition coefficient (Wildman–Crippen LogP) is 6.86. The van der Waals surface area contributed by atoms with Crippen LogP contribution in [0.1, 0.15) is 11.3 Å². The van der Waals surface area contributed by atoms with E-state index in [9.17, 15) is 22.6 Å². The van der Waals surface area contributed by atoms with Crippen molar-refractivity contribution in [3.8, 4) is 22.9 Å². The highest BCUT2D eigenvalue weighted by Crippen LogP contribution is 2.38. The molecule has 0 spiro atoms. The molecule has 4 rings (SSSR count). The van der Waals surface area contributed by atoms with Crippen LogP contribution in [-0.4, -0.2) is 43.9 Å². The van der Waals surface area contributed by atoms with E-state index in [-0.39, 0.29) is 46.0 Å². The van der Waals surface area contributed by atoms with E-state index in [0.717, 1.165) is 16.0 Å². The maximum atomic E-state index is 13.6. The Labute approximate surface area is 234 Å². The molecule has 1 aromatic heterocycles. The molecule has 0 aliphatic carbocycles. The van der Waals surface area contributed by atoms with E-state index in [0.29, 0.717) is 16.7 Å². The number of aromatic nitrogens is 2. The third-order valence-corrected chi connectivity index (χ3v) is 6.48. The number of nitriles is 1. The summed E-state index contributed by atoms with van der Waals surface area (Å²) in [4.78, 5) is 9.63. The van der Waals surface area contributed by atoms with E-state index in [4.69, 9.17) is 32.5 Å². The summed E-state index contributed by atoms with van der Waals surface area (Å²) >= 11 is 9.87. The van der Waals surface area contributed by atoms with Gasteiger partial charge in [-0.2, -0.15) is 18.4 Å². The Morgan fingerprint density at radius 2 is 1.77 bits per heavy atom. The van der Waals surface area contributed by atoms with Crippen molar-refractivity contribution < 1.29 is 26.7 Å². The van der Waals surface area contributed by atoms with E-state index < -0.39 is 23.8 Å². The second kappa shape index (κ2) is 12.2. The maximum absolute atomic E-state index is 13.6. The standard InChI is InChI=1S/C26H19Cl2F3N4O3S/c27-7-8-38-25-18(12-32)9-21(11-22(25)28)35(15-26(29,30)31)20-4-1-16(2-5-20)17-3-6-23-24(10-17)33-13-19(34-23)14-39(36)37/h1-6,9-11,13H,7-8,14-15H2,(H,36,37). The fourth-order valence-electron chi connectivity index (χ4n) is 3.87. The molecule has 0 bridgehead atoms. The largest absolute Gasteiger partial charge is 0.489 e. The quantitative estimate of drug-likeness (QED) is 0.167. The number of hydrogen-bond acceptors (Lipinski definition) is 6. The van der Waals surface area contributed by atoms with Gasteiger partial charge in [0, 0.05) is 11.4 Å². The molecule has 4 aromatic rings. The molecule has 39 heavy (non-hydrogen) atoms. The third-order valence-electron chi connectivity index (χ3n) is 5.50. The minimum Gasteiger partial charge on any atom is -0.489 e. The summed E-state index contributed by atoms with van der Waals surface area (Å²) in [6.45, 7) is -1.24. The van der Waals surface area contributed by atoms with Crippen molar-refractivity contribution >= 4 is 56.7 Å². The molecule has 0 aliphatic heterocycles. The fraction of sp³-hybridized carbons (Fsp3) is 0.192. The van der Waals surface area contributed by atoms with Gasteiger partial charge in [-0.25, -0.2) is 9.19 Å². The van der Waals surface area contributed by atoms with E-state index in [2.05, 4.69) is 9.97 Å². The van der Waals surface area contributed by atoms with Crippen molar-refractivity contribution in [2.24, 2.45) is 0 Å². The Bertz CT molecular complexity index is 1560. The van der Waals surface area contributed by atoms with Crippen LogP contribution < -0.4 is 9.64 Å². The molecule has 0 aliphatic rings. The summed E-state index contributed by atoms with van der Waals surface area (Å²) < 4.78 is 66.2. The van der Waals surface area contributed by atoms with Crippen LogP contribution in [0.2, 0.25) is 5.02 Å². The second-order valence-electron chi connectivity index (χ2n) is 8.23. The average molecular weight is 595 g/mol. The Morgan fingerprint density at radius 1 is 1.05 bits per heavy atom. The lowest BCUT2D eigenvalue weighted by atomic mass is 10.0. The number of anilines is 2. The van der Waals surface area contributed by atoms with Gasteiger partial charge in [0.15, 0.2) is 16.8 Å². The third kappa shape index (κ3) is 7.16. The molecule has 3 aromatic carbocycles. The Hall–Kier alpha value is -3.43. The van der Waals surface area contributed by atoms with Crippen LogP contribution in [0.4, 0.5) is 24.5 Å². The van der Waals surface area contributed by atoms with Crippen molar-refractivity contribution in [2.75, 3.05) is 23.9 Å². The molecule has 13 heteroatoms. The van der Waals surface area contributed by atoms with Crippen LogP contribution in [0.5, 0.6) is 5.75 Å². The van der Waals surface area contributed by atoms with Crippen molar-refractivity contribution in [3.05, 3.63) is 77.1 Å². The lowest BCUT2D eigenvalue weighted by Crippen LogP contribution is -2.30. The first-order chi connectivity index (χ1) is 18.6. The van der Waals surface area contributed by atoms with E-state index in [1.165, 1.54) is 30.5 Å². The first kappa shape index (κ1) is 28.6. The van der Waals surface area contributed by atoms with Gasteiger partial charge in [0.25, 0.3) is 0 Å². The van der Waals surface area contributed by atoms with Gasteiger partial charge >= 0.3 is 6.18 Å². The molecule has 0 radical (unpaired) electrons. The zero-order chi connectivity index (χ0) is 28.2. The summed E-state index contributed by atoms with van der Waals surface area (Å²) in [7, 11) is 0. The van der Waals surface area contributed by atoms with Crippen LogP contribution in [0, 0.1) is 11.3 Å². The fourth-order valence-corrected chi connectivity index (χ4v) is 4.61. The Kier molecular flexibility index (Phi) is 8.92. The van der Waals surface area contributed by atoms with Gasteiger partial charge in [-0.1, -0.05) is 29.8 Å². The second-order valence-corrected chi connectivity index (χ2v) is 9.95. The van der Waals surface area contributed by atoms with Crippen LogP contribution in [0.25, 0.3) is 22.2 Å². The molecule has 0 amide bonds. The number of halogens is 5. The molecule has 0 fully saturated rings. The SMILES string of the molecule is N#Cc1cc(N(CC(F)(F)F)c2ccc(-c3ccc4nc(CS(=O)O)cnc4c3)cc2)cc(Cl)c1OCCCl. The normalized spacial score (nSPS) is 12.2. The first-order valence-corrected chi connectivity index (χ1v) is 13.5. The smallest absolute Gasteiger partial charge is 0.406 e. The monoisotopic (exact) mass is 594 g/mol. The number of hydrogen-bond donors (Lipinski definition) is 1. The minimum absolute atomic E-state index is 0.0105. The molecule has 1 atom stereocenters. The van der Waals surface area contributed by atoms with E-state index in [1.54, 1.807) is 30.3 Å². The van der Waals surface area contributed by atoms with Gasteiger partial charge in [-0.05, 0) is 47.5 Å². The zero-order valence-corrected chi connectivity index (χ0v) is 22.3. The van der Waals surface area contributed by atoms with Gasteiger partial charge < -0.3 is 14.2 Å².